The van der Waals surface area contributed by atoms with Gasteiger partial charge in [0, 0.05) is 27.6 Å². The number of hydrogen-bond acceptors (Lipinski definition) is 3. The van der Waals surface area contributed by atoms with Gasteiger partial charge < -0.3 is 15.7 Å². The Labute approximate surface area is 156 Å². The number of hydrogen-bond donors (Lipinski definition) is 3. The van der Waals surface area contributed by atoms with Crippen LogP contribution in [0.1, 0.15) is 28.3 Å². The minimum Gasteiger partial charge on any atom is -0.355 e. The molecule has 3 aromatic heterocycles. The first kappa shape index (κ1) is 15.8. The highest BCUT2D eigenvalue weighted by atomic mass is 14.8. The zero-order chi connectivity index (χ0) is 18.2. The second-order valence-corrected chi connectivity index (χ2v) is 6.70. The lowest BCUT2D eigenvalue weighted by Gasteiger charge is -2.00. The van der Waals surface area contributed by atoms with Crippen LogP contribution in [0, 0.1) is 0 Å². The van der Waals surface area contributed by atoms with Crippen molar-refractivity contribution in [1.29, 1.82) is 0 Å². The Morgan fingerprint density at radius 1 is 0.704 bits per heavy atom. The summed E-state index contributed by atoms with van der Waals surface area (Å²) >= 11 is 0. The molecule has 0 saturated carbocycles. The fourth-order valence-electron chi connectivity index (χ4n) is 3.48. The van der Waals surface area contributed by atoms with Gasteiger partial charge in [0.05, 0.1) is 22.8 Å². The van der Waals surface area contributed by atoms with Crippen LogP contribution in [0.4, 0.5) is 0 Å². The molecule has 0 saturated heterocycles. The first-order valence-corrected chi connectivity index (χ1v) is 9.03. The van der Waals surface area contributed by atoms with Crippen molar-refractivity contribution >= 4 is 46.4 Å². The smallest absolute Gasteiger partial charge is 0.0690 e. The Morgan fingerprint density at radius 2 is 1.37 bits per heavy atom. The van der Waals surface area contributed by atoms with Gasteiger partial charge in [-0.25, -0.2) is 9.97 Å². The highest BCUT2D eigenvalue weighted by molar-refractivity contribution is 5.79. The number of H-pyrrole nitrogens is 2. The number of aromatic nitrogens is 4. The first-order valence-electron chi connectivity index (χ1n) is 9.03. The molecule has 2 aliphatic rings. The van der Waals surface area contributed by atoms with Crippen molar-refractivity contribution < 1.29 is 0 Å². The van der Waals surface area contributed by atoms with Gasteiger partial charge >= 0.3 is 0 Å². The fraction of sp³-hybridized carbons (Fsp3) is 0.0909. The Morgan fingerprint density at radius 3 is 2.22 bits per heavy atom. The number of fused-ring (bicyclic) bond motifs is 8. The molecule has 0 amide bonds. The van der Waals surface area contributed by atoms with Gasteiger partial charge in [0.1, 0.15) is 0 Å². The Hall–Kier alpha value is -3.44. The minimum absolute atomic E-state index is 0.572. The summed E-state index contributed by atoms with van der Waals surface area (Å²) in [6, 6.07) is 14.4. The van der Waals surface area contributed by atoms with Gasteiger partial charge in [0.15, 0.2) is 0 Å². The average molecular weight is 353 g/mol. The van der Waals surface area contributed by atoms with Crippen molar-refractivity contribution in [3.8, 4) is 0 Å². The summed E-state index contributed by atoms with van der Waals surface area (Å²) in [5, 5.41) is 0. The monoisotopic (exact) mass is 353 g/mol. The van der Waals surface area contributed by atoms with Crippen molar-refractivity contribution in [2.45, 2.75) is 6.42 Å². The Bertz CT molecular complexity index is 1240. The topological polar surface area (TPSA) is 83.4 Å². The van der Waals surface area contributed by atoms with Gasteiger partial charge in [-0.3, -0.25) is 0 Å². The third-order valence-corrected chi connectivity index (χ3v) is 4.72. The van der Waals surface area contributed by atoms with Gasteiger partial charge in [0.25, 0.3) is 0 Å². The van der Waals surface area contributed by atoms with E-state index >= 15 is 0 Å². The van der Waals surface area contributed by atoms with Crippen LogP contribution in [0.25, 0.3) is 46.4 Å². The minimum atomic E-state index is 0.572. The van der Waals surface area contributed by atoms with Gasteiger partial charge in [-0.05, 0) is 79.7 Å². The van der Waals surface area contributed by atoms with Crippen molar-refractivity contribution in [3.05, 3.63) is 70.8 Å². The summed E-state index contributed by atoms with van der Waals surface area (Å²) in [4.78, 5) is 16.3. The standard InChI is InChI=1S/C22H19N5/c23-10-9-20-21-7-5-18(26-21)12-16-3-1-14(24-16)11-15-2-4-17(25-15)13-19-6-8-22(20)27-19/h1-8,11-13,24,26H,9-10,23H2. The molecule has 0 fully saturated rings. The normalized spacial score (nSPS) is 12.6. The molecule has 0 unspecified atom stereocenters. The second-order valence-electron chi connectivity index (χ2n) is 6.70. The van der Waals surface area contributed by atoms with E-state index in [2.05, 4.69) is 45.3 Å². The van der Waals surface area contributed by atoms with Crippen LogP contribution < -0.4 is 5.73 Å². The maximum absolute atomic E-state index is 5.86. The highest BCUT2D eigenvalue weighted by Gasteiger charge is 2.08. The third kappa shape index (κ3) is 3.09. The molecule has 27 heavy (non-hydrogen) atoms. The van der Waals surface area contributed by atoms with E-state index in [1.807, 2.05) is 36.4 Å². The van der Waals surface area contributed by atoms with Crippen LogP contribution in [-0.2, 0) is 6.42 Å². The molecule has 3 aromatic rings. The molecule has 0 radical (unpaired) electrons. The van der Waals surface area contributed by atoms with E-state index < -0.39 is 0 Å². The quantitative estimate of drug-likeness (QED) is 0.446. The molecular formula is C22H19N5. The fourth-order valence-corrected chi connectivity index (χ4v) is 3.48. The third-order valence-electron chi connectivity index (χ3n) is 4.72. The predicted octanol–water partition coefficient (Wildman–Crippen LogP) is 4.16. The van der Waals surface area contributed by atoms with Gasteiger partial charge in [-0.2, -0.15) is 0 Å². The van der Waals surface area contributed by atoms with Crippen LogP contribution in [0.2, 0.25) is 0 Å². The molecule has 132 valence electrons. The SMILES string of the molecule is NCCc1c2nc(cc3nc(cc4ccc(cc5ccc1[nH]5)[nH]4)C=C3)C=C2. The molecule has 0 atom stereocenters. The van der Waals surface area contributed by atoms with Gasteiger partial charge in [-0.15, -0.1) is 0 Å². The maximum atomic E-state index is 5.86. The van der Waals surface area contributed by atoms with Crippen LogP contribution in [0.5, 0.6) is 0 Å². The van der Waals surface area contributed by atoms with E-state index in [9.17, 15) is 0 Å². The van der Waals surface area contributed by atoms with Crippen molar-refractivity contribution in [3.63, 3.8) is 0 Å². The van der Waals surface area contributed by atoms with E-state index in [0.717, 1.165) is 56.8 Å². The second kappa shape index (κ2) is 6.37. The summed E-state index contributed by atoms with van der Waals surface area (Å²) in [6.45, 7) is 0.572. The highest BCUT2D eigenvalue weighted by Crippen LogP contribution is 2.21. The van der Waals surface area contributed by atoms with Crippen molar-refractivity contribution in [1.82, 2.24) is 19.9 Å². The van der Waals surface area contributed by atoms with Crippen LogP contribution >= 0.6 is 0 Å². The summed E-state index contributed by atoms with van der Waals surface area (Å²) in [7, 11) is 0. The number of aromatic amines is 2. The number of nitrogens with one attached hydrogen (secondary N) is 2. The van der Waals surface area contributed by atoms with E-state index in [-0.39, 0.29) is 0 Å². The molecule has 2 aliphatic heterocycles. The van der Waals surface area contributed by atoms with E-state index in [0.29, 0.717) is 6.54 Å². The lowest BCUT2D eigenvalue weighted by Crippen LogP contribution is -2.04. The predicted molar refractivity (Wildman–Crippen MR) is 112 cm³/mol. The van der Waals surface area contributed by atoms with Crippen LogP contribution in [0.15, 0.2) is 42.5 Å². The molecule has 5 heterocycles. The molecule has 0 aromatic carbocycles. The summed E-state index contributed by atoms with van der Waals surface area (Å²) in [5.74, 6) is 0. The molecule has 4 N–H and O–H groups in total. The number of rotatable bonds is 2. The Kier molecular flexibility index (Phi) is 3.73. The molecular weight excluding hydrogens is 334 g/mol. The maximum Gasteiger partial charge on any atom is 0.0690 e. The zero-order valence-corrected chi connectivity index (χ0v) is 14.7. The average Bonchev–Trinajstić information content (AvgIpc) is 3.43. The summed E-state index contributed by atoms with van der Waals surface area (Å²) in [5.41, 5.74) is 14.8. The lowest BCUT2D eigenvalue weighted by molar-refractivity contribution is 0.964. The molecule has 5 nitrogen and oxygen atoms in total. The lowest BCUT2D eigenvalue weighted by atomic mass is 10.1. The largest absolute Gasteiger partial charge is 0.355 e. The summed E-state index contributed by atoms with van der Waals surface area (Å²) in [6.07, 6.45) is 8.86. The van der Waals surface area contributed by atoms with Gasteiger partial charge in [0.2, 0.25) is 0 Å². The van der Waals surface area contributed by atoms with E-state index in [1.54, 1.807) is 0 Å². The zero-order valence-electron chi connectivity index (χ0n) is 14.7. The van der Waals surface area contributed by atoms with E-state index in [1.165, 1.54) is 0 Å². The van der Waals surface area contributed by atoms with Crippen LogP contribution in [0.3, 0.4) is 0 Å². The number of nitrogens with zero attached hydrogens (tertiary/aromatic N) is 2. The molecule has 8 bridgehead atoms. The Balaban J connectivity index is 1.86. The molecule has 0 spiro atoms. The van der Waals surface area contributed by atoms with Crippen LogP contribution in [-0.4, -0.2) is 26.5 Å². The number of nitrogens with two attached hydrogens (primary N) is 1. The molecule has 0 aliphatic carbocycles. The van der Waals surface area contributed by atoms with Crippen molar-refractivity contribution in [2.24, 2.45) is 5.73 Å². The molecule has 5 rings (SSSR count). The molecule has 5 heteroatoms. The summed E-state index contributed by atoms with van der Waals surface area (Å²) < 4.78 is 0. The van der Waals surface area contributed by atoms with Crippen molar-refractivity contribution in [2.75, 3.05) is 6.54 Å². The first-order chi connectivity index (χ1) is 13.3. The van der Waals surface area contributed by atoms with E-state index in [4.69, 9.17) is 10.7 Å². The van der Waals surface area contributed by atoms with Gasteiger partial charge in [-0.1, -0.05) is 0 Å².